The fourth-order valence-electron chi connectivity index (χ4n) is 2.02. The van der Waals surface area contributed by atoms with Crippen molar-refractivity contribution in [3.63, 3.8) is 0 Å². The zero-order chi connectivity index (χ0) is 17.7. The topological polar surface area (TPSA) is 84.7 Å². The average molecular weight is 351 g/mol. The molecule has 1 aromatic heterocycles. The summed E-state index contributed by atoms with van der Waals surface area (Å²) in [4.78, 5) is 1.83. The molecule has 0 unspecified atom stereocenters. The molecular formula is C16H21N3O4S. The molecule has 0 aliphatic heterocycles. The van der Waals surface area contributed by atoms with Crippen LogP contribution in [0.4, 0.5) is 0 Å². The van der Waals surface area contributed by atoms with Gasteiger partial charge in [-0.3, -0.25) is 0 Å². The van der Waals surface area contributed by atoms with Crippen LogP contribution in [-0.4, -0.2) is 39.7 Å². The fraction of sp³-hybridized carbons (Fsp3) is 0.312. The summed E-state index contributed by atoms with van der Waals surface area (Å²) in [5, 5.41) is 3.76. The number of hydrogen-bond acceptors (Lipinski definition) is 6. The van der Waals surface area contributed by atoms with E-state index in [-0.39, 0.29) is 17.2 Å². The van der Waals surface area contributed by atoms with Gasteiger partial charge in [-0.15, -0.1) is 0 Å². The van der Waals surface area contributed by atoms with Gasteiger partial charge in [-0.25, -0.2) is 13.1 Å². The molecule has 0 saturated heterocycles. The van der Waals surface area contributed by atoms with Crippen LogP contribution in [-0.2, 0) is 16.6 Å². The van der Waals surface area contributed by atoms with E-state index in [2.05, 4.69) is 9.88 Å². The highest BCUT2D eigenvalue weighted by molar-refractivity contribution is 7.89. The Morgan fingerprint density at radius 3 is 2.54 bits per heavy atom. The van der Waals surface area contributed by atoms with Crippen molar-refractivity contribution in [1.82, 2.24) is 14.8 Å². The first-order valence-corrected chi connectivity index (χ1v) is 8.75. The van der Waals surface area contributed by atoms with E-state index in [9.17, 15) is 8.42 Å². The SMILES string of the molecule is COc1ccc(CNS(=O)(=O)c2c(C)noc2/C=C/N(C)C)cc1. The molecule has 0 aliphatic rings. The van der Waals surface area contributed by atoms with E-state index in [1.165, 1.54) is 0 Å². The van der Waals surface area contributed by atoms with Gasteiger partial charge in [0, 0.05) is 32.9 Å². The summed E-state index contributed by atoms with van der Waals surface area (Å²) in [5.41, 5.74) is 1.13. The standard InChI is InChI=1S/C16H21N3O4S/c1-12-16(15(23-18-12)9-10-19(2)3)24(20,21)17-11-13-5-7-14(22-4)8-6-13/h5-10,17H,11H2,1-4H3/b10-9+. The Morgan fingerprint density at radius 1 is 1.29 bits per heavy atom. The number of nitrogens with one attached hydrogen (secondary N) is 1. The molecule has 130 valence electrons. The third-order valence-corrected chi connectivity index (χ3v) is 4.81. The molecule has 2 aromatic rings. The number of methoxy groups -OCH3 is 1. The zero-order valence-electron chi connectivity index (χ0n) is 14.1. The molecule has 1 aromatic carbocycles. The summed E-state index contributed by atoms with van der Waals surface area (Å²) in [7, 11) is 1.49. The normalized spacial score (nSPS) is 11.8. The van der Waals surface area contributed by atoms with Crippen LogP contribution in [0.25, 0.3) is 6.08 Å². The van der Waals surface area contributed by atoms with Crippen LogP contribution in [0.1, 0.15) is 17.0 Å². The van der Waals surface area contributed by atoms with Crippen molar-refractivity contribution in [3.05, 3.63) is 47.5 Å². The van der Waals surface area contributed by atoms with E-state index in [0.717, 1.165) is 5.56 Å². The fourth-order valence-corrected chi connectivity index (χ4v) is 3.32. The smallest absolute Gasteiger partial charge is 0.246 e. The molecule has 0 spiro atoms. The number of hydrogen-bond donors (Lipinski definition) is 1. The number of sulfonamides is 1. The first-order valence-electron chi connectivity index (χ1n) is 7.27. The lowest BCUT2D eigenvalue weighted by molar-refractivity contribution is 0.405. The molecule has 1 N–H and O–H groups in total. The highest BCUT2D eigenvalue weighted by Gasteiger charge is 2.25. The Kier molecular flexibility index (Phi) is 5.63. The van der Waals surface area contributed by atoms with Crippen LogP contribution in [0.5, 0.6) is 5.75 Å². The molecular weight excluding hydrogens is 330 g/mol. The van der Waals surface area contributed by atoms with Gasteiger partial charge >= 0.3 is 0 Å². The molecule has 1 heterocycles. The van der Waals surface area contributed by atoms with E-state index in [1.54, 1.807) is 55.5 Å². The molecule has 0 fully saturated rings. The second-order valence-corrected chi connectivity index (χ2v) is 7.12. The van der Waals surface area contributed by atoms with Gasteiger partial charge < -0.3 is 14.2 Å². The largest absolute Gasteiger partial charge is 0.497 e. The van der Waals surface area contributed by atoms with Gasteiger partial charge in [-0.2, -0.15) is 0 Å². The summed E-state index contributed by atoms with van der Waals surface area (Å²) in [6, 6.07) is 7.16. The first-order chi connectivity index (χ1) is 11.3. The quantitative estimate of drug-likeness (QED) is 0.821. The Balaban J connectivity index is 2.19. The maximum atomic E-state index is 12.6. The molecule has 0 radical (unpaired) electrons. The number of benzene rings is 1. The van der Waals surface area contributed by atoms with Gasteiger partial charge in [0.2, 0.25) is 10.0 Å². The Hall–Kier alpha value is -2.32. The summed E-state index contributed by atoms with van der Waals surface area (Å²) >= 11 is 0. The van der Waals surface area contributed by atoms with Crippen molar-refractivity contribution in [3.8, 4) is 5.75 Å². The minimum Gasteiger partial charge on any atom is -0.497 e. The predicted molar refractivity (Wildman–Crippen MR) is 91.0 cm³/mol. The van der Waals surface area contributed by atoms with E-state index in [0.29, 0.717) is 11.4 Å². The minimum atomic E-state index is -3.75. The van der Waals surface area contributed by atoms with E-state index < -0.39 is 10.0 Å². The van der Waals surface area contributed by atoms with Gasteiger partial charge in [-0.1, -0.05) is 17.3 Å². The molecule has 0 saturated carbocycles. The van der Waals surface area contributed by atoms with Crippen LogP contribution in [0.15, 0.2) is 39.9 Å². The van der Waals surface area contributed by atoms with E-state index in [4.69, 9.17) is 9.26 Å². The van der Waals surface area contributed by atoms with Crippen molar-refractivity contribution in [2.75, 3.05) is 21.2 Å². The van der Waals surface area contributed by atoms with Gasteiger partial charge in [0.15, 0.2) is 10.7 Å². The van der Waals surface area contributed by atoms with Crippen molar-refractivity contribution < 1.29 is 17.7 Å². The third kappa shape index (κ3) is 4.36. The maximum Gasteiger partial charge on any atom is 0.246 e. The molecule has 0 bridgehead atoms. The van der Waals surface area contributed by atoms with Crippen LogP contribution in [0.2, 0.25) is 0 Å². The van der Waals surface area contributed by atoms with Gasteiger partial charge in [0.25, 0.3) is 0 Å². The highest BCUT2D eigenvalue weighted by Crippen LogP contribution is 2.21. The molecule has 0 amide bonds. The van der Waals surface area contributed by atoms with Crippen LogP contribution in [0, 0.1) is 6.92 Å². The molecule has 24 heavy (non-hydrogen) atoms. The Morgan fingerprint density at radius 2 is 1.96 bits per heavy atom. The van der Waals surface area contributed by atoms with Crippen LogP contribution < -0.4 is 9.46 Å². The molecule has 0 aliphatic carbocycles. The zero-order valence-corrected chi connectivity index (χ0v) is 14.9. The molecule has 0 atom stereocenters. The number of aromatic nitrogens is 1. The summed E-state index contributed by atoms with van der Waals surface area (Å²) in [6.45, 7) is 1.76. The number of nitrogens with zero attached hydrogens (tertiary/aromatic N) is 2. The van der Waals surface area contributed by atoms with Gasteiger partial charge in [-0.05, 0) is 24.6 Å². The monoisotopic (exact) mass is 351 g/mol. The molecule has 7 nitrogen and oxygen atoms in total. The molecule has 2 rings (SSSR count). The Bertz CT molecular complexity index is 808. The van der Waals surface area contributed by atoms with Crippen molar-refractivity contribution >= 4 is 16.1 Å². The number of ether oxygens (including phenoxy) is 1. The van der Waals surface area contributed by atoms with Crippen molar-refractivity contribution in [1.29, 1.82) is 0 Å². The van der Waals surface area contributed by atoms with Gasteiger partial charge in [0.1, 0.15) is 11.4 Å². The van der Waals surface area contributed by atoms with Crippen molar-refractivity contribution in [2.24, 2.45) is 0 Å². The summed E-state index contributed by atoms with van der Waals surface area (Å²) < 4.78 is 37.9. The van der Waals surface area contributed by atoms with E-state index in [1.807, 2.05) is 14.1 Å². The third-order valence-electron chi connectivity index (χ3n) is 3.25. The number of rotatable bonds is 7. The highest BCUT2D eigenvalue weighted by atomic mass is 32.2. The number of aryl methyl sites for hydroxylation is 1. The Labute approximate surface area is 142 Å². The minimum absolute atomic E-state index is 0.0501. The van der Waals surface area contributed by atoms with Crippen LogP contribution >= 0.6 is 0 Å². The van der Waals surface area contributed by atoms with E-state index >= 15 is 0 Å². The summed E-state index contributed by atoms with van der Waals surface area (Å²) in [5.74, 6) is 0.913. The average Bonchev–Trinajstić information content (AvgIpc) is 2.93. The first kappa shape index (κ1) is 18.0. The second kappa shape index (κ2) is 7.50. The maximum absolute atomic E-state index is 12.6. The lowest BCUT2D eigenvalue weighted by atomic mass is 10.2. The van der Waals surface area contributed by atoms with Gasteiger partial charge in [0.05, 0.1) is 7.11 Å². The van der Waals surface area contributed by atoms with Crippen LogP contribution in [0.3, 0.4) is 0 Å². The second-order valence-electron chi connectivity index (χ2n) is 5.41. The lowest BCUT2D eigenvalue weighted by Gasteiger charge is -2.07. The van der Waals surface area contributed by atoms with Crippen molar-refractivity contribution in [2.45, 2.75) is 18.4 Å². The predicted octanol–water partition coefficient (Wildman–Crippen LogP) is 2.00. The summed E-state index contributed by atoms with van der Waals surface area (Å²) in [6.07, 6.45) is 3.27. The lowest BCUT2D eigenvalue weighted by Crippen LogP contribution is -2.24. The molecule has 8 heteroatoms.